The van der Waals surface area contributed by atoms with Crippen LogP contribution in [-0.2, 0) is 12.8 Å². The Bertz CT molecular complexity index is 956. The van der Waals surface area contributed by atoms with Crippen LogP contribution in [0.4, 0.5) is 11.5 Å². The van der Waals surface area contributed by atoms with Crippen LogP contribution in [0.2, 0.25) is 5.02 Å². The molecular weight excluding hydrogens is 358 g/mol. The molecule has 1 N–H and O–H groups in total. The van der Waals surface area contributed by atoms with E-state index in [4.69, 9.17) is 11.6 Å². The molecule has 136 valence electrons. The summed E-state index contributed by atoms with van der Waals surface area (Å²) < 4.78 is 0. The predicted molar refractivity (Wildman–Crippen MR) is 110 cm³/mol. The van der Waals surface area contributed by atoms with E-state index in [0.29, 0.717) is 11.4 Å². The SMILES string of the molecule is O=C(c1ccnc(NCCc2ccc(Cl)cc2)c1)N1CCc2ccccc21. The van der Waals surface area contributed by atoms with E-state index in [0.717, 1.165) is 36.6 Å². The summed E-state index contributed by atoms with van der Waals surface area (Å²) in [6, 6.07) is 19.5. The first-order valence-corrected chi connectivity index (χ1v) is 9.43. The topological polar surface area (TPSA) is 45.2 Å². The molecule has 0 fully saturated rings. The van der Waals surface area contributed by atoms with Crippen molar-refractivity contribution >= 4 is 29.0 Å². The summed E-state index contributed by atoms with van der Waals surface area (Å²) in [5, 5.41) is 4.04. The lowest BCUT2D eigenvalue weighted by Crippen LogP contribution is -2.29. The van der Waals surface area contributed by atoms with E-state index in [1.807, 2.05) is 53.4 Å². The minimum atomic E-state index is 0.0168. The molecule has 4 rings (SSSR count). The summed E-state index contributed by atoms with van der Waals surface area (Å²) in [4.78, 5) is 19.1. The van der Waals surface area contributed by atoms with Crippen molar-refractivity contribution in [2.24, 2.45) is 0 Å². The number of amides is 1. The van der Waals surface area contributed by atoms with Crippen LogP contribution in [-0.4, -0.2) is 24.0 Å². The van der Waals surface area contributed by atoms with Crippen molar-refractivity contribution in [3.8, 4) is 0 Å². The second-order valence-corrected chi connectivity index (χ2v) is 7.00. The molecular formula is C22H20ClN3O. The second kappa shape index (κ2) is 7.80. The summed E-state index contributed by atoms with van der Waals surface area (Å²) >= 11 is 5.91. The number of carbonyl (C=O) groups is 1. The number of rotatable bonds is 5. The van der Waals surface area contributed by atoms with Gasteiger partial charge in [-0.25, -0.2) is 4.98 Å². The highest BCUT2D eigenvalue weighted by molar-refractivity contribution is 6.30. The second-order valence-electron chi connectivity index (χ2n) is 6.57. The highest BCUT2D eigenvalue weighted by Crippen LogP contribution is 2.29. The van der Waals surface area contributed by atoms with Gasteiger partial charge in [-0.05, 0) is 54.3 Å². The fourth-order valence-corrected chi connectivity index (χ4v) is 3.48. The summed E-state index contributed by atoms with van der Waals surface area (Å²) in [5.41, 5.74) is 4.08. The maximum atomic E-state index is 12.9. The number of para-hydroxylation sites is 1. The summed E-state index contributed by atoms with van der Waals surface area (Å²) in [6.45, 7) is 1.46. The van der Waals surface area contributed by atoms with Gasteiger partial charge >= 0.3 is 0 Å². The Morgan fingerprint density at radius 3 is 2.78 bits per heavy atom. The molecule has 2 heterocycles. The number of aromatic nitrogens is 1. The molecule has 0 spiro atoms. The molecule has 27 heavy (non-hydrogen) atoms. The number of pyridine rings is 1. The summed E-state index contributed by atoms with van der Waals surface area (Å²) in [7, 11) is 0. The molecule has 0 bridgehead atoms. The van der Waals surface area contributed by atoms with E-state index in [-0.39, 0.29) is 5.91 Å². The lowest BCUT2D eigenvalue weighted by atomic mass is 10.1. The maximum absolute atomic E-state index is 12.9. The Morgan fingerprint density at radius 2 is 1.93 bits per heavy atom. The molecule has 0 radical (unpaired) electrons. The Kier molecular flexibility index (Phi) is 5.07. The van der Waals surface area contributed by atoms with E-state index in [9.17, 15) is 4.79 Å². The van der Waals surface area contributed by atoms with Gasteiger partial charge in [0.15, 0.2) is 0 Å². The van der Waals surface area contributed by atoms with E-state index < -0.39 is 0 Å². The van der Waals surface area contributed by atoms with Crippen molar-refractivity contribution in [1.82, 2.24) is 4.98 Å². The van der Waals surface area contributed by atoms with Crippen LogP contribution in [0.25, 0.3) is 0 Å². The third kappa shape index (κ3) is 3.96. The first kappa shape index (κ1) is 17.6. The molecule has 0 saturated carbocycles. The van der Waals surface area contributed by atoms with Crippen molar-refractivity contribution in [1.29, 1.82) is 0 Å². The summed E-state index contributed by atoms with van der Waals surface area (Å²) in [6.07, 6.45) is 3.44. The van der Waals surface area contributed by atoms with E-state index in [1.54, 1.807) is 12.3 Å². The molecule has 0 unspecified atom stereocenters. The van der Waals surface area contributed by atoms with Crippen LogP contribution in [0, 0.1) is 0 Å². The number of carbonyl (C=O) groups excluding carboxylic acids is 1. The van der Waals surface area contributed by atoms with E-state index in [2.05, 4.69) is 16.4 Å². The van der Waals surface area contributed by atoms with Crippen LogP contribution in [0.1, 0.15) is 21.5 Å². The van der Waals surface area contributed by atoms with Gasteiger partial charge in [0, 0.05) is 35.6 Å². The van der Waals surface area contributed by atoms with E-state index in [1.165, 1.54) is 11.1 Å². The number of nitrogens with one attached hydrogen (secondary N) is 1. The lowest BCUT2D eigenvalue weighted by Gasteiger charge is -2.17. The van der Waals surface area contributed by atoms with Crippen LogP contribution < -0.4 is 10.2 Å². The van der Waals surface area contributed by atoms with Gasteiger partial charge in [0.05, 0.1) is 0 Å². The smallest absolute Gasteiger partial charge is 0.258 e. The molecule has 1 aliphatic heterocycles. The van der Waals surface area contributed by atoms with Gasteiger partial charge in [-0.1, -0.05) is 41.9 Å². The summed E-state index contributed by atoms with van der Waals surface area (Å²) in [5.74, 6) is 0.727. The Hall–Kier alpha value is -2.85. The number of hydrogen-bond donors (Lipinski definition) is 1. The van der Waals surface area contributed by atoms with Gasteiger partial charge in [0.25, 0.3) is 5.91 Å². The molecule has 5 heteroatoms. The van der Waals surface area contributed by atoms with Gasteiger partial charge in [-0.2, -0.15) is 0 Å². The molecule has 1 aromatic heterocycles. The predicted octanol–water partition coefficient (Wildman–Crippen LogP) is 4.59. The number of benzene rings is 2. The average Bonchev–Trinajstić information content (AvgIpc) is 3.13. The number of anilines is 2. The standard InChI is InChI=1S/C22H20ClN3O/c23-19-7-5-16(6-8-19)9-12-24-21-15-18(10-13-25-21)22(27)26-14-11-17-3-1-2-4-20(17)26/h1-8,10,13,15H,9,11-12,14H2,(H,24,25). The molecule has 0 atom stereocenters. The first-order valence-electron chi connectivity index (χ1n) is 9.05. The average molecular weight is 378 g/mol. The fraction of sp³-hybridized carbons (Fsp3) is 0.182. The molecule has 1 aliphatic rings. The Labute approximate surface area is 163 Å². The quantitative estimate of drug-likeness (QED) is 0.707. The van der Waals surface area contributed by atoms with Crippen LogP contribution in [0.15, 0.2) is 66.9 Å². The van der Waals surface area contributed by atoms with Gasteiger partial charge in [-0.3, -0.25) is 4.79 Å². The monoisotopic (exact) mass is 377 g/mol. The zero-order valence-corrected chi connectivity index (χ0v) is 15.6. The van der Waals surface area contributed by atoms with Crippen molar-refractivity contribution in [3.05, 3.63) is 88.6 Å². The number of hydrogen-bond acceptors (Lipinski definition) is 3. The zero-order valence-electron chi connectivity index (χ0n) is 14.9. The van der Waals surface area contributed by atoms with Crippen LogP contribution in [0.5, 0.6) is 0 Å². The molecule has 3 aromatic rings. The molecule has 1 amide bonds. The molecule has 0 saturated heterocycles. The molecule has 2 aromatic carbocycles. The van der Waals surface area contributed by atoms with Crippen molar-refractivity contribution in [2.75, 3.05) is 23.3 Å². The molecule has 0 aliphatic carbocycles. The van der Waals surface area contributed by atoms with Gasteiger partial charge < -0.3 is 10.2 Å². The number of nitrogens with zero attached hydrogens (tertiary/aromatic N) is 2. The third-order valence-corrected chi connectivity index (χ3v) is 5.02. The normalized spacial score (nSPS) is 12.7. The zero-order chi connectivity index (χ0) is 18.6. The Morgan fingerprint density at radius 1 is 1.11 bits per heavy atom. The third-order valence-electron chi connectivity index (χ3n) is 4.77. The number of fused-ring (bicyclic) bond motifs is 1. The van der Waals surface area contributed by atoms with Gasteiger partial charge in [-0.15, -0.1) is 0 Å². The lowest BCUT2D eigenvalue weighted by molar-refractivity contribution is 0.0989. The van der Waals surface area contributed by atoms with Crippen molar-refractivity contribution in [3.63, 3.8) is 0 Å². The Balaban J connectivity index is 1.42. The van der Waals surface area contributed by atoms with E-state index >= 15 is 0 Å². The largest absolute Gasteiger partial charge is 0.370 e. The molecule has 4 nitrogen and oxygen atoms in total. The fourth-order valence-electron chi connectivity index (χ4n) is 3.35. The highest BCUT2D eigenvalue weighted by atomic mass is 35.5. The van der Waals surface area contributed by atoms with Crippen LogP contribution >= 0.6 is 11.6 Å². The van der Waals surface area contributed by atoms with Gasteiger partial charge in [0.1, 0.15) is 5.82 Å². The van der Waals surface area contributed by atoms with Crippen molar-refractivity contribution in [2.45, 2.75) is 12.8 Å². The van der Waals surface area contributed by atoms with Crippen molar-refractivity contribution < 1.29 is 4.79 Å². The first-order chi connectivity index (χ1) is 13.2. The highest BCUT2D eigenvalue weighted by Gasteiger charge is 2.25. The maximum Gasteiger partial charge on any atom is 0.258 e. The minimum Gasteiger partial charge on any atom is -0.370 e. The number of halogens is 1. The van der Waals surface area contributed by atoms with Gasteiger partial charge in [0.2, 0.25) is 0 Å². The van der Waals surface area contributed by atoms with Crippen LogP contribution in [0.3, 0.4) is 0 Å². The minimum absolute atomic E-state index is 0.0168.